The Morgan fingerprint density at radius 2 is 1.85 bits per heavy atom. The number of hydrogen-bond donors (Lipinski definition) is 1. The maximum absolute atomic E-state index is 13.7. The van der Waals surface area contributed by atoms with Crippen LogP contribution in [-0.2, 0) is 6.42 Å². The summed E-state index contributed by atoms with van der Waals surface area (Å²) in [5, 5.41) is 0. The average molecular weight is 419 g/mol. The van der Waals surface area contributed by atoms with Crippen LogP contribution >= 0.6 is 43.6 Å². The Balaban J connectivity index is 1.90. The molecule has 0 saturated heterocycles. The van der Waals surface area contributed by atoms with Gasteiger partial charge in [-0.15, -0.1) is 11.8 Å². The molecule has 1 nitrogen and oxygen atoms in total. The summed E-state index contributed by atoms with van der Waals surface area (Å²) in [5.41, 5.74) is 6.75. The minimum atomic E-state index is -0.206. The third kappa shape index (κ3) is 4.88. The molecule has 0 saturated carbocycles. The van der Waals surface area contributed by atoms with Crippen LogP contribution < -0.4 is 5.73 Å². The zero-order valence-electron chi connectivity index (χ0n) is 10.7. The van der Waals surface area contributed by atoms with Crippen molar-refractivity contribution in [3.05, 3.63) is 62.8 Å². The first-order chi connectivity index (χ1) is 9.54. The molecule has 0 aromatic heterocycles. The Bertz CT molecular complexity index is 592. The van der Waals surface area contributed by atoms with Gasteiger partial charge in [-0.05, 0) is 42.3 Å². The largest absolute Gasteiger partial charge is 0.327 e. The SMILES string of the molecule is NC(CSc1cccc(Br)c1)Cc1ccc(Br)cc1F. The van der Waals surface area contributed by atoms with Crippen molar-refractivity contribution in [2.75, 3.05) is 5.75 Å². The molecule has 2 aromatic carbocycles. The Kier molecular flexibility index (Phi) is 6.08. The second-order valence-corrected chi connectivity index (χ2v) is 7.39. The summed E-state index contributed by atoms with van der Waals surface area (Å²) in [6.07, 6.45) is 0.542. The monoisotopic (exact) mass is 417 g/mol. The predicted molar refractivity (Wildman–Crippen MR) is 90.6 cm³/mol. The van der Waals surface area contributed by atoms with Crippen LogP contribution in [0.25, 0.3) is 0 Å². The maximum Gasteiger partial charge on any atom is 0.127 e. The molecule has 106 valence electrons. The van der Waals surface area contributed by atoms with Crippen molar-refractivity contribution in [1.29, 1.82) is 0 Å². The van der Waals surface area contributed by atoms with E-state index in [1.165, 1.54) is 6.07 Å². The summed E-state index contributed by atoms with van der Waals surface area (Å²) in [7, 11) is 0. The second kappa shape index (κ2) is 7.59. The Labute approximate surface area is 139 Å². The van der Waals surface area contributed by atoms with Gasteiger partial charge in [-0.3, -0.25) is 0 Å². The van der Waals surface area contributed by atoms with E-state index in [1.807, 2.05) is 24.3 Å². The van der Waals surface area contributed by atoms with E-state index in [1.54, 1.807) is 17.8 Å². The first kappa shape index (κ1) is 16.0. The third-order valence-electron chi connectivity index (χ3n) is 2.76. The van der Waals surface area contributed by atoms with E-state index in [-0.39, 0.29) is 11.9 Å². The van der Waals surface area contributed by atoms with Crippen molar-refractivity contribution < 1.29 is 4.39 Å². The second-order valence-electron chi connectivity index (χ2n) is 4.47. The van der Waals surface area contributed by atoms with E-state index in [9.17, 15) is 4.39 Å². The van der Waals surface area contributed by atoms with Crippen molar-refractivity contribution >= 4 is 43.6 Å². The number of rotatable bonds is 5. The summed E-state index contributed by atoms with van der Waals surface area (Å²) in [4.78, 5) is 1.16. The summed E-state index contributed by atoms with van der Waals surface area (Å²) in [5.74, 6) is 0.550. The molecule has 2 rings (SSSR count). The molecule has 5 heteroatoms. The van der Waals surface area contributed by atoms with E-state index < -0.39 is 0 Å². The fourth-order valence-electron chi connectivity index (χ4n) is 1.79. The van der Waals surface area contributed by atoms with Crippen molar-refractivity contribution in [2.45, 2.75) is 17.4 Å². The van der Waals surface area contributed by atoms with Gasteiger partial charge in [0.1, 0.15) is 5.82 Å². The standard InChI is InChI=1S/C15H14Br2FNS/c16-11-2-1-3-14(7-11)20-9-13(19)6-10-4-5-12(17)8-15(10)18/h1-5,7-8,13H,6,9,19H2. The Morgan fingerprint density at radius 1 is 1.10 bits per heavy atom. The van der Waals surface area contributed by atoms with Gasteiger partial charge in [0.2, 0.25) is 0 Å². The molecule has 20 heavy (non-hydrogen) atoms. The lowest BCUT2D eigenvalue weighted by Crippen LogP contribution is -2.26. The first-order valence-corrected chi connectivity index (χ1v) is 8.69. The van der Waals surface area contributed by atoms with Gasteiger partial charge >= 0.3 is 0 Å². The molecular formula is C15H14Br2FNS. The number of thioether (sulfide) groups is 1. The predicted octanol–water partition coefficient (Wildman–Crippen LogP) is 5.01. The molecule has 0 aliphatic carbocycles. The number of halogens is 3. The van der Waals surface area contributed by atoms with Crippen LogP contribution in [0.5, 0.6) is 0 Å². The third-order valence-corrected chi connectivity index (χ3v) is 4.93. The van der Waals surface area contributed by atoms with Gasteiger partial charge in [0.25, 0.3) is 0 Å². The summed E-state index contributed by atoms with van der Waals surface area (Å²) < 4.78 is 15.5. The zero-order valence-corrected chi connectivity index (χ0v) is 14.6. The number of nitrogens with two attached hydrogens (primary N) is 1. The molecule has 0 heterocycles. The van der Waals surface area contributed by atoms with Gasteiger partial charge in [-0.25, -0.2) is 4.39 Å². The maximum atomic E-state index is 13.7. The van der Waals surface area contributed by atoms with E-state index in [0.717, 1.165) is 19.6 Å². The van der Waals surface area contributed by atoms with Gasteiger partial charge in [-0.1, -0.05) is 44.0 Å². The molecule has 0 fully saturated rings. The molecule has 2 aromatic rings. The Hall–Kier alpha value is -0.360. The van der Waals surface area contributed by atoms with E-state index in [2.05, 4.69) is 37.9 Å². The fraction of sp³-hybridized carbons (Fsp3) is 0.200. The molecule has 1 unspecified atom stereocenters. The van der Waals surface area contributed by atoms with E-state index >= 15 is 0 Å². The zero-order chi connectivity index (χ0) is 14.5. The molecule has 0 spiro atoms. The average Bonchev–Trinajstić information content (AvgIpc) is 2.40. The van der Waals surface area contributed by atoms with Gasteiger partial charge in [0, 0.05) is 25.6 Å². The lowest BCUT2D eigenvalue weighted by atomic mass is 10.1. The van der Waals surface area contributed by atoms with Crippen LogP contribution in [0.4, 0.5) is 4.39 Å². The summed E-state index contributed by atoms with van der Waals surface area (Å²) >= 11 is 8.38. The molecule has 0 bridgehead atoms. The highest BCUT2D eigenvalue weighted by molar-refractivity contribution is 9.10. The van der Waals surface area contributed by atoms with Crippen molar-refractivity contribution in [3.63, 3.8) is 0 Å². The molecule has 0 amide bonds. The summed E-state index contributed by atoms with van der Waals surface area (Å²) in [6, 6.07) is 13.1. The normalized spacial score (nSPS) is 12.4. The van der Waals surface area contributed by atoms with Gasteiger partial charge in [0.05, 0.1) is 0 Å². The molecule has 0 aliphatic rings. The Morgan fingerprint density at radius 3 is 2.55 bits per heavy atom. The van der Waals surface area contributed by atoms with Crippen molar-refractivity contribution in [3.8, 4) is 0 Å². The van der Waals surface area contributed by atoms with Gasteiger partial charge < -0.3 is 5.73 Å². The molecule has 0 aliphatic heterocycles. The van der Waals surface area contributed by atoms with Crippen molar-refractivity contribution in [2.24, 2.45) is 5.73 Å². The van der Waals surface area contributed by atoms with Gasteiger partial charge in [0.15, 0.2) is 0 Å². The first-order valence-electron chi connectivity index (χ1n) is 6.12. The van der Waals surface area contributed by atoms with Crippen LogP contribution in [-0.4, -0.2) is 11.8 Å². The van der Waals surface area contributed by atoms with E-state index in [4.69, 9.17) is 5.73 Å². The topological polar surface area (TPSA) is 26.0 Å². The molecule has 1 atom stereocenters. The molecule has 0 radical (unpaired) electrons. The quantitative estimate of drug-likeness (QED) is 0.690. The lowest BCUT2D eigenvalue weighted by molar-refractivity contribution is 0.596. The minimum Gasteiger partial charge on any atom is -0.327 e. The van der Waals surface area contributed by atoms with Crippen LogP contribution in [0, 0.1) is 5.82 Å². The number of hydrogen-bond acceptors (Lipinski definition) is 2. The van der Waals surface area contributed by atoms with Crippen LogP contribution in [0.15, 0.2) is 56.3 Å². The van der Waals surface area contributed by atoms with Gasteiger partial charge in [-0.2, -0.15) is 0 Å². The highest BCUT2D eigenvalue weighted by Crippen LogP contribution is 2.23. The molecule has 2 N–H and O–H groups in total. The van der Waals surface area contributed by atoms with Crippen molar-refractivity contribution in [1.82, 2.24) is 0 Å². The molecular weight excluding hydrogens is 405 g/mol. The van der Waals surface area contributed by atoms with Crippen LogP contribution in [0.2, 0.25) is 0 Å². The summed E-state index contributed by atoms with van der Waals surface area (Å²) in [6.45, 7) is 0. The fourth-order valence-corrected chi connectivity index (χ4v) is 3.58. The lowest BCUT2D eigenvalue weighted by Gasteiger charge is -2.12. The minimum absolute atomic E-state index is 0.0744. The highest BCUT2D eigenvalue weighted by atomic mass is 79.9. The smallest absolute Gasteiger partial charge is 0.127 e. The van der Waals surface area contributed by atoms with E-state index in [0.29, 0.717) is 12.0 Å². The number of benzene rings is 2. The highest BCUT2D eigenvalue weighted by Gasteiger charge is 2.09. The van der Waals surface area contributed by atoms with Crippen LogP contribution in [0.1, 0.15) is 5.56 Å². The van der Waals surface area contributed by atoms with Crippen LogP contribution in [0.3, 0.4) is 0 Å².